The molecule has 2 aromatic carbocycles. The van der Waals surface area contributed by atoms with E-state index in [2.05, 4.69) is 6.07 Å². The molecule has 0 spiro atoms. The lowest BCUT2D eigenvalue weighted by Crippen LogP contribution is -2.02. The first-order chi connectivity index (χ1) is 10.2. The standard InChI is InChI=1S/C17H15NO3/c1-12-8-13(9-18)6-7-15(12)11-21-17-14(10-19)4-3-5-16(17)20-2/h3-8,10H,11H2,1-2H3. The van der Waals surface area contributed by atoms with Gasteiger partial charge < -0.3 is 9.47 Å². The van der Waals surface area contributed by atoms with Crippen molar-refractivity contribution in [2.75, 3.05) is 7.11 Å². The number of hydrogen-bond acceptors (Lipinski definition) is 4. The topological polar surface area (TPSA) is 59.3 Å². The van der Waals surface area contributed by atoms with Crippen molar-refractivity contribution in [2.24, 2.45) is 0 Å². The van der Waals surface area contributed by atoms with Gasteiger partial charge in [-0.25, -0.2) is 0 Å². The smallest absolute Gasteiger partial charge is 0.172 e. The van der Waals surface area contributed by atoms with E-state index in [-0.39, 0.29) is 0 Å². The first-order valence-corrected chi connectivity index (χ1v) is 6.44. The van der Waals surface area contributed by atoms with E-state index in [1.807, 2.05) is 19.1 Å². The number of aryl methyl sites for hydroxylation is 1. The second-order valence-electron chi connectivity index (χ2n) is 4.54. The number of benzene rings is 2. The summed E-state index contributed by atoms with van der Waals surface area (Å²) in [7, 11) is 1.53. The lowest BCUT2D eigenvalue weighted by Gasteiger charge is -2.13. The van der Waals surface area contributed by atoms with E-state index in [0.29, 0.717) is 29.2 Å². The third-order valence-corrected chi connectivity index (χ3v) is 3.20. The molecular weight excluding hydrogens is 266 g/mol. The molecule has 0 saturated heterocycles. The van der Waals surface area contributed by atoms with E-state index in [0.717, 1.165) is 17.4 Å². The van der Waals surface area contributed by atoms with Crippen LogP contribution in [0.1, 0.15) is 27.0 Å². The highest BCUT2D eigenvalue weighted by Crippen LogP contribution is 2.31. The summed E-state index contributed by atoms with van der Waals surface area (Å²) in [6.45, 7) is 2.22. The molecule has 0 heterocycles. The molecule has 2 rings (SSSR count). The fourth-order valence-corrected chi connectivity index (χ4v) is 2.02. The Bertz CT molecular complexity index is 702. The zero-order chi connectivity index (χ0) is 15.2. The third kappa shape index (κ3) is 3.21. The average Bonchev–Trinajstić information content (AvgIpc) is 2.53. The highest BCUT2D eigenvalue weighted by atomic mass is 16.5. The predicted octanol–water partition coefficient (Wildman–Crippen LogP) is 3.27. The number of carbonyl (C=O) groups excluding carboxylic acids is 1. The Hall–Kier alpha value is -2.80. The molecule has 0 amide bonds. The molecule has 0 radical (unpaired) electrons. The fourth-order valence-electron chi connectivity index (χ4n) is 2.02. The highest BCUT2D eigenvalue weighted by molar-refractivity contribution is 5.81. The van der Waals surface area contributed by atoms with Crippen LogP contribution in [-0.4, -0.2) is 13.4 Å². The predicted molar refractivity (Wildman–Crippen MR) is 78.6 cm³/mol. The second kappa shape index (κ2) is 6.58. The number of nitriles is 1. The summed E-state index contributed by atoms with van der Waals surface area (Å²) in [4.78, 5) is 11.1. The maximum atomic E-state index is 11.1. The van der Waals surface area contributed by atoms with Crippen molar-refractivity contribution >= 4 is 6.29 Å². The van der Waals surface area contributed by atoms with E-state index in [1.54, 1.807) is 24.3 Å². The van der Waals surface area contributed by atoms with Gasteiger partial charge in [-0.3, -0.25) is 4.79 Å². The lowest BCUT2D eigenvalue weighted by molar-refractivity contribution is 0.111. The van der Waals surface area contributed by atoms with Crippen LogP contribution in [-0.2, 0) is 6.61 Å². The molecule has 0 aliphatic rings. The normalized spacial score (nSPS) is 9.76. The zero-order valence-corrected chi connectivity index (χ0v) is 11.9. The summed E-state index contributed by atoms with van der Waals surface area (Å²) in [5.41, 5.74) is 2.98. The molecule has 2 aromatic rings. The number of rotatable bonds is 5. The van der Waals surface area contributed by atoms with Crippen molar-refractivity contribution < 1.29 is 14.3 Å². The van der Waals surface area contributed by atoms with E-state index in [1.165, 1.54) is 7.11 Å². The van der Waals surface area contributed by atoms with Gasteiger partial charge in [-0.1, -0.05) is 12.1 Å². The second-order valence-corrected chi connectivity index (χ2v) is 4.54. The molecule has 0 saturated carbocycles. The Morgan fingerprint density at radius 2 is 2.10 bits per heavy atom. The summed E-state index contributed by atoms with van der Waals surface area (Å²) in [6.07, 6.45) is 0.740. The molecule has 0 aliphatic carbocycles. The molecule has 0 atom stereocenters. The van der Waals surface area contributed by atoms with Gasteiger partial charge in [0.25, 0.3) is 0 Å². The van der Waals surface area contributed by atoms with Gasteiger partial charge in [0.15, 0.2) is 17.8 Å². The maximum Gasteiger partial charge on any atom is 0.172 e. The Morgan fingerprint density at radius 3 is 2.71 bits per heavy atom. The third-order valence-electron chi connectivity index (χ3n) is 3.20. The largest absolute Gasteiger partial charge is 0.493 e. The molecule has 4 nitrogen and oxygen atoms in total. The van der Waals surface area contributed by atoms with Gasteiger partial charge in [0.1, 0.15) is 6.61 Å². The number of ether oxygens (including phenoxy) is 2. The van der Waals surface area contributed by atoms with Gasteiger partial charge in [0, 0.05) is 0 Å². The SMILES string of the molecule is COc1cccc(C=O)c1OCc1ccc(C#N)cc1C. The molecule has 0 aromatic heterocycles. The van der Waals surface area contributed by atoms with E-state index >= 15 is 0 Å². The number of para-hydroxylation sites is 1. The molecule has 0 fully saturated rings. The Labute approximate surface area is 123 Å². The molecule has 106 valence electrons. The minimum Gasteiger partial charge on any atom is -0.493 e. The quantitative estimate of drug-likeness (QED) is 0.789. The molecule has 4 heteroatoms. The van der Waals surface area contributed by atoms with Crippen molar-refractivity contribution in [1.29, 1.82) is 5.26 Å². The minimum absolute atomic E-state index is 0.304. The van der Waals surface area contributed by atoms with Gasteiger partial charge in [0.2, 0.25) is 0 Å². The van der Waals surface area contributed by atoms with Crippen LogP contribution < -0.4 is 9.47 Å². The van der Waals surface area contributed by atoms with Crippen LogP contribution in [0.2, 0.25) is 0 Å². The molecule has 0 bridgehead atoms. The van der Waals surface area contributed by atoms with E-state index < -0.39 is 0 Å². The summed E-state index contributed by atoms with van der Waals surface area (Å²) in [6, 6.07) is 12.7. The fraction of sp³-hybridized carbons (Fsp3) is 0.176. The summed E-state index contributed by atoms with van der Waals surface area (Å²) in [5, 5.41) is 8.86. The van der Waals surface area contributed by atoms with E-state index in [4.69, 9.17) is 14.7 Å². The number of carbonyl (C=O) groups is 1. The Balaban J connectivity index is 2.24. The van der Waals surface area contributed by atoms with Crippen LogP contribution in [0.5, 0.6) is 11.5 Å². The minimum atomic E-state index is 0.304. The van der Waals surface area contributed by atoms with Crippen molar-refractivity contribution in [2.45, 2.75) is 13.5 Å². The summed E-state index contributed by atoms with van der Waals surface area (Å²) < 4.78 is 11.0. The van der Waals surface area contributed by atoms with Crippen LogP contribution in [0.25, 0.3) is 0 Å². The maximum absolute atomic E-state index is 11.1. The number of methoxy groups -OCH3 is 1. The number of nitrogens with zero attached hydrogens (tertiary/aromatic N) is 1. The summed E-state index contributed by atoms with van der Waals surface area (Å²) >= 11 is 0. The molecule has 21 heavy (non-hydrogen) atoms. The van der Waals surface area contributed by atoms with E-state index in [9.17, 15) is 4.79 Å². The van der Waals surface area contributed by atoms with Gasteiger partial charge in [-0.2, -0.15) is 5.26 Å². The highest BCUT2D eigenvalue weighted by Gasteiger charge is 2.11. The van der Waals surface area contributed by atoms with Crippen LogP contribution in [0.4, 0.5) is 0 Å². The number of hydrogen-bond donors (Lipinski definition) is 0. The lowest BCUT2D eigenvalue weighted by atomic mass is 10.1. The Kier molecular flexibility index (Phi) is 4.57. The van der Waals surface area contributed by atoms with Gasteiger partial charge in [-0.05, 0) is 42.3 Å². The van der Waals surface area contributed by atoms with Gasteiger partial charge >= 0.3 is 0 Å². The van der Waals surface area contributed by atoms with Crippen LogP contribution in [0.3, 0.4) is 0 Å². The average molecular weight is 281 g/mol. The van der Waals surface area contributed by atoms with Crippen LogP contribution in [0, 0.1) is 18.3 Å². The van der Waals surface area contributed by atoms with Crippen molar-refractivity contribution in [3.63, 3.8) is 0 Å². The van der Waals surface area contributed by atoms with Gasteiger partial charge in [-0.15, -0.1) is 0 Å². The van der Waals surface area contributed by atoms with Crippen LogP contribution >= 0.6 is 0 Å². The summed E-state index contributed by atoms with van der Waals surface area (Å²) in [5.74, 6) is 0.949. The van der Waals surface area contributed by atoms with Gasteiger partial charge in [0.05, 0.1) is 24.3 Å². The zero-order valence-electron chi connectivity index (χ0n) is 11.9. The van der Waals surface area contributed by atoms with Crippen LogP contribution in [0.15, 0.2) is 36.4 Å². The molecule has 0 aliphatic heterocycles. The van der Waals surface area contributed by atoms with Crippen molar-refractivity contribution in [3.8, 4) is 17.6 Å². The molecular formula is C17H15NO3. The first kappa shape index (κ1) is 14.6. The van der Waals surface area contributed by atoms with Crippen molar-refractivity contribution in [3.05, 3.63) is 58.7 Å². The first-order valence-electron chi connectivity index (χ1n) is 6.44. The number of aldehydes is 1. The Morgan fingerprint density at radius 1 is 1.29 bits per heavy atom. The monoisotopic (exact) mass is 281 g/mol. The molecule has 0 N–H and O–H groups in total. The molecule has 0 unspecified atom stereocenters. The van der Waals surface area contributed by atoms with Crippen molar-refractivity contribution in [1.82, 2.24) is 0 Å².